The fourth-order valence-electron chi connectivity index (χ4n) is 2.46. The smallest absolute Gasteiger partial charge is 0.164 e. The SMILES string of the molecule is COc1cc(OC)cc(-c2cc3cc(OC)c(OC)cc3o2)c1. The van der Waals surface area contributed by atoms with Gasteiger partial charge in [-0.3, -0.25) is 0 Å². The highest BCUT2D eigenvalue weighted by Crippen LogP contribution is 2.37. The number of hydrogen-bond donors (Lipinski definition) is 0. The van der Waals surface area contributed by atoms with E-state index in [1.54, 1.807) is 28.4 Å². The Bertz CT molecular complexity index is 772. The molecule has 1 aromatic heterocycles. The van der Waals surface area contributed by atoms with Crippen molar-refractivity contribution in [3.05, 3.63) is 36.4 Å². The highest BCUT2D eigenvalue weighted by atomic mass is 16.5. The van der Waals surface area contributed by atoms with Crippen molar-refractivity contribution in [1.82, 2.24) is 0 Å². The second kappa shape index (κ2) is 6.12. The number of methoxy groups -OCH3 is 4. The van der Waals surface area contributed by atoms with Gasteiger partial charge in [-0.05, 0) is 24.3 Å². The van der Waals surface area contributed by atoms with Gasteiger partial charge >= 0.3 is 0 Å². The van der Waals surface area contributed by atoms with Gasteiger partial charge in [0.15, 0.2) is 11.5 Å². The van der Waals surface area contributed by atoms with Crippen LogP contribution < -0.4 is 18.9 Å². The van der Waals surface area contributed by atoms with Crippen molar-refractivity contribution in [1.29, 1.82) is 0 Å². The highest BCUT2D eigenvalue weighted by Gasteiger charge is 2.13. The lowest BCUT2D eigenvalue weighted by molar-refractivity contribution is 0.355. The normalized spacial score (nSPS) is 10.6. The standard InChI is InChI=1S/C18H18O5/c1-19-13-5-11(6-14(9-13)20-2)15-7-12-8-17(21-3)18(22-4)10-16(12)23-15/h5-10H,1-4H3. The molecule has 0 unspecified atom stereocenters. The van der Waals surface area contributed by atoms with Gasteiger partial charge in [-0.25, -0.2) is 0 Å². The zero-order chi connectivity index (χ0) is 16.4. The van der Waals surface area contributed by atoms with Gasteiger partial charge in [0.1, 0.15) is 22.8 Å². The van der Waals surface area contributed by atoms with Crippen molar-refractivity contribution in [3.8, 4) is 34.3 Å². The summed E-state index contributed by atoms with van der Waals surface area (Å²) in [7, 11) is 6.44. The predicted molar refractivity (Wildman–Crippen MR) is 87.9 cm³/mol. The molecule has 23 heavy (non-hydrogen) atoms. The molecule has 0 aliphatic heterocycles. The maximum atomic E-state index is 5.95. The number of rotatable bonds is 5. The van der Waals surface area contributed by atoms with Crippen LogP contribution in [0, 0.1) is 0 Å². The summed E-state index contributed by atoms with van der Waals surface area (Å²) in [5, 5.41) is 0.930. The van der Waals surface area contributed by atoms with E-state index in [9.17, 15) is 0 Å². The molecule has 0 saturated carbocycles. The summed E-state index contributed by atoms with van der Waals surface area (Å²) in [6, 6.07) is 11.3. The minimum absolute atomic E-state index is 0.629. The Balaban J connectivity index is 2.13. The van der Waals surface area contributed by atoms with Crippen LogP contribution in [0.4, 0.5) is 0 Å². The van der Waals surface area contributed by atoms with Gasteiger partial charge in [0.2, 0.25) is 0 Å². The first-order chi connectivity index (χ1) is 11.2. The number of hydrogen-bond acceptors (Lipinski definition) is 5. The molecule has 0 N–H and O–H groups in total. The summed E-state index contributed by atoms with van der Waals surface area (Å²) in [6.07, 6.45) is 0. The average Bonchev–Trinajstić information content (AvgIpc) is 3.02. The van der Waals surface area contributed by atoms with Gasteiger partial charge in [-0.1, -0.05) is 0 Å². The van der Waals surface area contributed by atoms with E-state index in [1.807, 2.05) is 36.4 Å². The van der Waals surface area contributed by atoms with Gasteiger partial charge in [0, 0.05) is 23.1 Å². The van der Waals surface area contributed by atoms with Crippen molar-refractivity contribution < 1.29 is 23.4 Å². The lowest BCUT2D eigenvalue weighted by Crippen LogP contribution is -1.89. The molecule has 3 aromatic rings. The molecule has 0 fully saturated rings. The largest absolute Gasteiger partial charge is 0.497 e. The summed E-state index contributed by atoms with van der Waals surface area (Å²) in [5.41, 5.74) is 1.59. The maximum absolute atomic E-state index is 5.95. The second-order valence-electron chi connectivity index (χ2n) is 4.96. The Hall–Kier alpha value is -2.82. The van der Waals surface area contributed by atoms with E-state index in [-0.39, 0.29) is 0 Å². The van der Waals surface area contributed by atoms with Crippen LogP contribution in [-0.2, 0) is 0 Å². The van der Waals surface area contributed by atoms with Crippen LogP contribution >= 0.6 is 0 Å². The third kappa shape index (κ3) is 2.77. The topological polar surface area (TPSA) is 50.1 Å². The van der Waals surface area contributed by atoms with Crippen LogP contribution in [0.1, 0.15) is 0 Å². The molecule has 0 saturated heterocycles. The van der Waals surface area contributed by atoms with Crippen LogP contribution in [0.25, 0.3) is 22.3 Å². The molecule has 0 spiro atoms. The highest BCUT2D eigenvalue weighted by molar-refractivity contribution is 5.86. The second-order valence-corrected chi connectivity index (χ2v) is 4.96. The molecule has 0 atom stereocenters. The first kappa shape index (κ1) is 15.1. The summed E-state index contributed by atoms with van der Waals surface area (Å²) in [5.74, 6) is 3.41. The molecule has 2 aromatic carbocycles. The summed E-state index contributed by atoms with van der Waals surface area (Å²) in [6.45, 7) is 0. The van der Waals surface area contributed by atoms with Crippen molar-refractivity contribution in [2.24, 2.45) is 0 Å². The quantitative estimate of drug-likeness (QED) is 0.708. The number of furan rings is 1. The van der Waals surface area contributed by atoms with Crippen molar-refractivity contribution in [3.63, 3.8) is 0 Å². The Morgan fingerprint density at radius 2 is 1.26 bits per heavy atom. The minimum Gasteiger partial charge on any atom is -0.497 e. The molecule has 120 valence electrons. The maximum Gasteiger partial charge on any atom is 0.164 e. The lowest BCUT2D eigenvalue weighted by atomic mass is 10.1. The van der Waals surface area contributed by atoms with Crippen molar-refractivity contribution >= 4 is 11.0 Å². The van der Waals surface area contributed by atoms with E-state index in [2.05, 4.69) is 0 Å². The van der Waals surface area contributed by atoms with Crippen LogP contribution in [0.2, 0.25) is 0 Å². The van der Waals surface area contributed by atoms with Gasteiger partial charge < -0.3 is 23.4 Å². The van der Waals surface area contributed by atoms with Crippen molar-refractivity contribution in [2.75, 3.05) is 28.4 Å². The molecule has 0 aliphatic rings. The lowest BCUT2D eigenvalue weighted by Gasteiger charge is -2.06. The Morgan fingerprint density at radius 3 is 1.83 bits per heavy atom. The van der Waals surface area contributed by atoms with Gasteiger partial charge in [-0.2, -0.15) is 0 Å². The molecular formula is C18H18O5. The fraction of sp³-hybridized carbons (Fsp3) is 0.222. The van der Waals surface area contributed by atoms with Crippen LogP contribution in [0.3, 0.4) is 0 Å². The first-order valence-corrected chi connectivity index (χ1v) is 7.07. The van der Waals surface area contributed by atoms with E-state index in [0.717, 1.165) is 16.5 Å². The predicted octanol–water partition coefficient (Wildman–Crippen LogP) is 4.13. The fourth-order valence-corrected chi connectivity index (χ4v) is 2.46. The van der Waals surface area contributed by atoms with Gasteiger partial charge in [0.05, 0.1) is 28.4 Å². The summed E-state index contributed by atoms with van der Waals surface area (Å²) < 4.78 is 27.2. The number of ether oxygens (including phenoxy) is 4. The summed E-state index contributed by atoms with van der Waals surface area (Å²) >= 11 is 0. The average molecular weight is 314 g/mol. The monoisotopic (exact) mass is 314 g/mol. The molecule has 0 aliphatic carbocycles. The van der Waals surface area contributed by atoms with E-state index in [4.69, 9.17) is 23.4 Å². The third-order valence-corrected chi connectivity index (χ3v) is 3.66. The zero-order valence-electron chi connectivity index (χ0n) is 13.5. The number of fused-ring (bicyclic) bond motifs is 1. The van der Waals surface area contributed by atoms with Crippen LogP contribution in [0.5, 0.6) is 23.0 Å². The van der Waals surface area contributed by atoms with Crippen LogP contribution in [-0.4, -0.2) is 28.4 Å². The van der Waals surface area contributed by atoms with Crippen LogP contribution in [0.15, 0.2) is 40.8 Å². The molecule has 0 amide bonds. The molecular weight excluding hydrogens is 296 g/mol. The Morgan fingerprint density at radius 1 is 0.652 bits per heavy atom. The summed E-state index contributed by atoms with van der Waals surface area (Å²) in [4.78, 5) is 0. The van der Waals surface area contributed by atoms with Crippen molar-refractivity contribution in [2.45, 2.75) is 0 Å². The molecule has 5 heteroatoms. The molecule has 1 heterocycles. The number of benzene rings is 2. The van der Waals surface area contributed by atoms with E-state index < -0.39 is 0 Å². The first-order valence-electron chi connectivity index (χ1n) is 7.07. The Kier molecular flexibility index (Phi) is 4.02. The minimum atomic E-state index is 0.629. The zero-order valence-corrected chi connectivity index (χ0v) is 13.5. The van der Waals surface area contributed by atoms with E-state index in [0.29, 0.717) is 28.8 Å². The molecule has 5 nitrogen and oxygen atoms in total. The van der Waals surface area contributed by atoms with E-state index >= 15 is 0 Å². The molecule has 3 rings (SSSR count). The molecule has 0 bridgehead atoms. The third-order valence-electron chi connectivity index (χ3n) is 3.66. The molecule has 0 radical (unpaired) electrons. The Labute approximate surface area is 134 Å². The van der Waals surface area contributed by atoms with Gasteiger partial charge in [0.25, 0.3) is 0 Å². The van der Waals surface area contributed by atoms with Gasteiger partial charge in [-0.15, -0.1) is 0 Å². The van der Waals surface area contributed by atoms with E-state index in [1.165, 1.54) is 0 Å².